The number of tetrazole rings is 1. The normalized spacial score (nSPS) is 13.0. The third-order valence-electron chi connectivity index (χ3n) is 2.55. The quantitative estimate of drug-likeness (QED) is 0.384. The lowest BCUT2D eigenvalue weighted by atomic mass is 10.3. The highest BCUT2D eigenvalue weighted by molar-refractivity contribution is 7.89. The molecule has 1 heterocycles. The molecule has 0 spiro atoms. The van der Waals surface area contributed by atoms with E-state index in [0.717, 1.165) is 12.1 Å². The first-order valence-corrected chi connectivity index (χ1v) is 7.09. The van der Waals surface area contributed by atoms with Gasteiger partial charge >= 0.3 is 0 Å². The fourth-order valence-corrected chi connectivity index (χ4v) is 3.01. The minimum atomic E-state index is -4.18. The van der Waals surface area contributed by atoms with Crippen molar-refractivity contribution < 1.29 is 13.3 Å². The van der Waals surface area contributed by atoms with Crippen molar-refractivity contribution in [1.29, 1.82) is 0 Å². The summed E-state index contributed by atoms with van der Waals surface area (Å²) < 4.78 is 26.7. The molecule has 1 unspecified atom stereocenters. The Morgan fingerprint density at radius 3 is 2.76 bits per heavy atom. The molecule has 0 saturated carbocycles. The standard InChI is InChI=1S/C9H11N7O4S/c1-5(9-11-14-15-12-9)13-21(19,20)8-4-6(10)2-3-7(8)16(17)18/h2-5,13H,10H2,1H3,(H,11,12,14,15). The van der Waals surface area contributed by atoms with Gasteiger partial charge in [0.05, 0.1) is 11.0 Å². The maximum Gasteiger partial charge on any atom is 0.289 e. The van der Waals surface area contributed by atoms with Gasteiger partial charge in [0.2, 0.25) is 10.0 Å². The van der Waals surface area contributed by atoms with Crippen molar-refractivity contribution in [2.24, 2.45) is 0 Å². The number of benzene rings is 1. The van der Waals surface area contributed by atoms with Crippen molar-refractivity contribution in [3.63, 3.8) is 0 Å². The van der Waals surface area contributed by atoms with Gasteiger partial charge in [-0.1, -0.05) is 5.21 Å². The predicted octanol–water partition coefficient (Wildman–Crippen LogP) is -0.270. The molecule has 1 aromatic carbocycles. The van der Waals surface area contributed by atoms with Crippen LogP contribution in [-0.4, -0.2) is 34.0 Å². The number of nitrogen functional groups attached to an aromatic ring is 1. The maximum absolute atomic E-state index is 12.3. The van der Waals surface area contributed by atoms with Gasteiger partial charge in [0.25, 0.3) is 5.69 Å². The molecule has 0 radical (unpaired) electrons. The van der Waals surface area contributed by atoms with Crippen LogP contribution in [0.5, 0.6) is 0 Å². The number of nitrogens with one attached hydrogen (secondary N) is 2. The molecular formula is C9H11N7O4S. The summed E-state index contributed by atoms with van der Waals surface area (Å²) in [5.41, 5.74) is 5.01. The van der Waals surface area contributed by atoms with Gasteiger partial charge in [0.15, 0.2) is 10.7 Å². The molecule has 0 fully saturated rings. The number of sulfonamides is 1. The number of aromatic amines is 1. The Labute approximate surface area is 118 Å². The van der Waals surface area contributed by atoms with Crippen molar-refractivity contribution in [2.45, 2.75) is 17.9 Å². The summed E-state index contributed by atoms with van der Waals surface area (Å²) in [6, 6.07) is 2.47. The molecule has 0 amide bonds. The SMILES string of the molecule is CC(NS(=O)(=O)c1cc(N)ccc1[N+](=O)[O-])c1nn[nH]n1. The van der Waals surface area contributed by atoms with Crippen molar-refractivity contribution in [1.82, 2.24) is 25.3 Å². The number of hydrogen-bond acceptors (Lipinski definition) is 8. The number of nitrogens with two attached hydrogens (primary N) is 1. The van der Waals surface area contributed by atoms with Crippen LogP contribution in [0.1, 0.15) is 18.8 Å². The average Bonchev–Trinajstić information content (AvgIpc) is 2.91. The lowest BCUT2D eigenvalue weighted by Crippen LogP contribution is -2.28. The van der Waals surface area contributed by atoms with Crippen LogP contribution in [0.15, 0.2) is 23.1 Å². The monoisotopic (exact) mass is 313 g/mol. The fraction of sp³-hybridized carbons (Fsp3) is 0.222. The Bertz CT molecular complexity index is 758. The van der Waals surface area contributed by atoms with E-state index in [-0.39, 0.29) is 11.5 Å². The number of hydrogen-bond donors (Lipinski definition) is 3. The molecule has 112 valence electrons. The summed E-state index contributed by atoms with van der Waals surface area (Å²) in [7, 11) is -4.18. The number of nitro benzene ring substituents is 1. The summed E-state index contributed by atoms with van der Waals surface area (Å²) in [5.74, 6) is 0.102. The van der Waals surface area contributed by atoms with E-state index in [1.54, 1.807) is 0 Å². The van der Waals surface area contributed by atoms with Gasteiger partial charge < -0.3 is 5.73 Å². The predicted molar refractivity (Wildman–Crippen MR) is 70.4 cm³/mol. The zero-order valence-electron chi connectivity index (χ0n) is 10.7. The maximum atomic E-state index is 12.3. The van der Waals surface area contributed by atoms with E-state index in [1.807, 2.05) is 0 Å². The molecule has 0 bridgehead atoms. The zero-order chi connectivity index (χ0) is 15.6. The van der Waals surface area contributed by atoms with Gasteiger partial charge in [-0.05, 0) is 19.1 Å². The molecule has 11 nitrogen and oxygen atoms in total. The van der Waals surface area contributed by atoms with Crippen molar-refractivity contribution in [3.8, 4) is 0 Å². The number of nitro groups is 1. The summed E-state index contributed by atoms with van der Waals surface area (Å²) in [6.07, 6.45) is 0. The summed E-state index contributed by atoms with van der Waals surface area (Å²) >= 11 is 0. The molecular weight excluding hydrogens is 302 g/mol. The van der Waals surface area contributed by atoms with Gasteiger partial charge in [-0.3, -0.25) is 10.1 Å². The lowest BCUT2D eigenvalue weighted by molar-refractivity contribution is -0.387. The molecule has 12 heteroatoms. The molecule has 0 aliphatic carbocycles. The largest absolute Gasteiger partial charge is 0.399 e. The fourth-order valence-electron chi connectivity index (χ4n) is 1.60. The van der Waals surface area contributed by atoms with E-state index in [1.165, 1.54) is 13.0 Å². The van der Waals surface area contributed by atoms with Crippen LogP contribution in [0.3, 0.4) is 0 Å². The van der Waals surface area contributed by atoms with Crippen LogP contribution in [0.4, 0.5) is 11.4 Å². The molecule has 1 atom stereocenters. The summed E-state index contributed by atoms with van der Waals surface area (Å²) in [6.45, 7) is 1.47. The van der Waals surface area contributed by atoms with Gasteiger partial charge in [-0.2, -0.15) is 5.21 Å². The van der Waals surface area contributed by atoms with Crippen molar-refractivity contribution >= 4 is 21.4 Å². The Morgan fingerprint density at radius 2 is 2.19 bits per heavy atom. The van der Waals surface area contributed by atoms with Crippen LogP contribution in [0, 0.1) is 10.1 Å². The topological polar surface area (TPSA) is 170 Å². The number of anilines is 1. The first-order valence-electron chi connectivity index (χ1n) is 5.61. The van der Waals surface area contributed by atoms with E-state index in [9.17, 15) is 18.5 Å². The molecule has 1 aromatic heterocycles. The number of rotatable bonds is 5. The van der Waals surface area contributed by atoms with Crippen LogP contribution in [0.25, 0.3) is 0 Å². The molecule has 0 saturated heterocycles. The van der Waals surface area contributed by atoms with E-state index in [2.05, 4.69) is 25.3 Å². The Kier molecular flexibility index (Phi) is 3.82. The van der Waals surface area contributed by atoms with Crippen LogP contribution >= 0.6 is 0 Å². The Hall–Kier alpha value is -2.60. The van der Waals surface area contributed by atoms with Crippen molar-refractivity contribution in [2.75, 3.05) is 5.73 Å². The van der Waals surface area contributed by atoms with Gasteiger partial charge in [-0.25, -0.2) is 13.1 Å². The smallest absolute Gasteiger partial charge is 0.289 e. The van der Waals surface area contributed by atoms with Crippen LogP contribution in [0.2, 0.25) is 0 Å². The number of H-pyrrole nitrogens is 1. The molecule has 2 rings (SSSR count). The zero-order valence-corrected chi connectivity index (χ0v) is 11.5. The van der Waals surface area contributed by atoms with E-state index in [4.69, 9.17) is 5.73 Å². The second kappa shape index (κ2) is 5.41. The van der Waals surface area contributed by atoms with Gasteiger partial charge in [0.1, 0.15) is 0 Å². The summed E-state index contributed by atoms with van der Waals surface area (Å²) in [4.78, 5) is 9.60. The second-order valence-electron chi connectivity index (χ2n) is 4.10. The third kappa shape index (κ3) is 3.11. The van der Waals surface area contributed by atoms with Gasteiger partial charge in [0, 0.05) is 11.8 Å². The van der Waals surface area contributed by atoms with E-state index < -0.39 is 31.6 Å². The first-order chi connectivity index (χ1) is 9.81. The van der Waals surface area contributed by atoms with Crippen molar-refractivity contribution in [3.05, 3.63) is 34.1 Å². The van der Waals surface area contributed by atoms with E-state index >= 15 is 0 Å². The minimum Gasteiger partial charge on any atom is -0.399 e. The molecule has 4 N–H and O–H groups in total. The summed E-state index contributed by atoms with van der Waals surface area (Å²) in [5, 5.41) is 23.7. The van der Waals surface area contributed by atoms with E-state index in [0.29, 0.717) is 0 Å². The number of aromatic nitrogens is 4. The van der Waals surface area contributed by atoms with Crippen LogP contribution < -0.4 is 10.5 Å². The molecule has 21 heavy (non-hydrogen) atoms. The Morgan fingerprint density at radius 1 is 1.48 bits per heavy atom. The second-order valence-corrected chi connectivity index (χ2v) is 5.78. The highest BCUT2D eigenvalue weighted by Crippen LogP contribution is 2.26. The molecule has 0 aliphatic heterocycles. The highest BCUT2D eigenvalue weighted by atomic mass is 32.2. The first kappa shape index (κ1) is 14.8. The minimum absolute atomic E-state index is 0.0909. The van der Waals surface area contributed by atoms with Gasteiger partial charge in [-0.15, -0.1) is 10.2 Å². The lowest BCUT2D eigenvalue weighted by Gasteiger charge is -2.11. The molecule has 2 aromatic rings. The number of nitrogens with zero attached hydrogens (tertiary/aromatic N) is 4. The average molecular weight is 313 g/mol. The Balaban J connectivity index is 2.40. The third-order valence-corrected chi connectivity index (χ3v) is 4.12. The highest BCUT2D eigenvalue weighted by Gasteiger charge is 2.28. The van der Waals surface area contributed by atoms with Crippen LogP contribution in [-0.2, 0) is 10.0 Å². The molecule has 0 aliphatic rings.